The number of piperazine rings is 1. The molecule has 0 radical (unpaired) electrons. The van der Waals surface area contributed by atoms with Crippen LogP contribution in [-0.4, -0.2) is 50.3 Å². The summed E-state index contributed by atoms with van der Waals surface area (Å²) in [5.74, 6) is -0.721. The lowest BCUT2D eigenvalue weighted by atomic mass is 10.1. The second-order valence-corrected chi connectivity index (χ2v) is 8.81. The molecule has 0 saturated carbocycles. The van der Waals surface area contributed by atoms with Gasteiger partial charge in [0.05, 0.1) is 17.9 Å². The smallest absolute Gasteiger partial charge is 0.307 e. The molecule has 0 aliphatic carbocycles. The van der Waals surface area contributed by atoms with Gasteiger partial charge in [-0.15, -0.1) is 0 Å². The summed E-state index contributed by atoms with van der Waals surface area (Å²) in [6, 6.07) is 4.56. The van der Waals surface area contributed by atoms with Crippen LogP contribution in [0.4, 0.5) is 0 Å². The molecule has 1 fully saturated rings. The molecule has 1 atom stereocenters. The maximum atomic E-state index is 12.9. The monoisotopic (exact) mass is 402 g/mol. The van der Waals surface area contributed by atoms with Gasteiger partial charge in [-0.1, -0.05) is 25.4 Å². The number of hydrogen-bond donors (Lipinski definition) is 1. The zero-order valence-electron chi connectivity index (χ0n) is 14.8. The molecule has 1 aliphatic heterocycles. The van der Waals surface area contributed by atoms with Gasteiger partial charge in [-0.3, -0.25) is 9.59 Å². The van der Waals surface area contributed by atoms with Crippen molar-refractivity contribution in [3.63, 3.8) is 0 Å². The first kappa shape index (κ1) is 20.7. The van der Waals surface area contributed by atoms with Crippen LogP contribution in [0.25, 0.3) is 0 Å². The Morgan fingerprint density at radius 1 is 1.35 bits per heavy atom. The van der Waals surface area contributed by atoms with E-state index in [1.807, 2.05) is 13.8 Å². The molecule has 9 heteroatoms. The molecule has 0 aromatic heterocycles. The third-order valence-corrected chi connectivity index (χ3v) is 6.19. The van der Waals surface area contributed by atoms with Crippen molar-refractivity contribution in [2.45, 2.75) is 37.6 Å². The molecule has 1 heterocycles. The van der Waals surface area contributed by atoms with Crippen LogP contribution in [0, 0.1) is 5.92 Å². The standard InChI is InChI=1S/C17H23ClN2O5S/c1-12(2)7-10-25-16(21)11-15-17(22)19-8-9-20(15)26(23,24)14-5-3-13(18)4-6-14/h3-6,12,15H,7-11H2,1-2H3,(H,19,22). The van der Waals surface area contributed by atoms with Gasteiger partial charge in [0.25, 0.3) is 0 Å². The number of rotatable bonds is 7. The average Bonchev–Trinajstić information content (AvgIpc) is 2.56. The average molecular weight is 403 g/mol. The second kappa shape index (κ2) is 8.83. The molecule has 1 unspecified atom stereocenters. The Hall–Kier alpha value is -1.64. The summed E-state index contributed by atoms with van der Waals surface area (Å²) in [4.78, 5) is 24.3. The van der Waals surface area contributed by atoms with Crippen LogP contribution in [-0.2, 0) is 24.3 Å². The molecule has 0 spiro atoms. The Balaban J connectivity index is 2.15. The zero-order chi connectivity index (χ0) is 19.3. The van der Waals surface area contributed by atoms with Crippen molar-refractivity contribution >= 4 is 33.5 Å². The summed E-state index contributed by atoms with van der Waals surface area (Å²) in [6.45, 7) is 4.52. The lowest BCUT2D eigenvalue weighted by Gasteiger charge is -2.33. The molecule has 144 valence electrons. The minimum atomic E-state index is -3.93. The number of ether oxygens (including phenoxy) is 1. The van der Waals surface area contributed by atoms with E-state index in [4.69, 9.17) is 16.3 Å². The summed E-state index contributed by atoms with van der Waals surface area (Å²) in [5, 5.41) is 3.01. The van der Waals surface area contributed by atoms with Gasteiger partial charge in [0.2, 0.25) is 15.9 Å². The Kier molecular flexibility index (Phi) is 7.02. The van der Waals surface area contributed by atoms with Crippen molar-refractivity contribution in [2.24, 2.45) is 5.92 Å². The highest BCUT2D eigenvalue weighted by Crippen LogP contribution is 2.23. The Bertz CT molecular complexity index is 749. The van der Waals surface area contributed by atoms with Crippen LogP contribution in [0.3, 0.4) is 0 Å². The van der Waals surface area contributed by atoms with E-state index in [1.54, 1.807) is 0 Å². The predicted octanol–water partition coefficient (Wildman–Crippen LogP) is 1.81. The van der Waals surface area contributed by atoms with E-state index in [0.717, 1.165) is 4.31 Å². The first-order valence-corrected chi connectivity index (χ1v) is 10.2. The number of carbonyl (C=O) groups is 2. The highest BCUT2D eigenvalue weighted by Gasteiger charge is 2.40. The molecule has 2 rings (SSSR count). The van der Waals surface area contributed by atoms with Gasteiger partial charge >= 0.3 is 5.97 Å². The van der Waals surface area contributed by atoms with E-state index >= 15 is 0 Å². The zero-order valence-corrected chi connectivity index (χ0v) is 16.3. The third-order valence-electron chi connectivity index (χ3n) is 4.02. The highest BCUT2D eigenvalue weighted by molar-refractivity contribution is 7.89. The van der Waals surface area contributed by atoms with E-state index in [9.17, 15) is 18.0 Å². The molecule has 1 aromatic rings. The molecule has 0 bridgehead atoms. The van der Waals surface area contributed by atoms with E-state index in [1.165, 1.54) is 24.3 Å². The van der Waals surface area contributed by atoms with Crippen LogP contribution in [0.2, 0.25) is 5.02 Å². The Morgan fingerprint density at radius 2 is 2.00 bits per heavy atom. The van der Waals surface area contributed by atoms with Crippen molar-refractivity contribution in [3.8, 4) is 0 Å². The fourth-order valence-electron chi connectivity index (χ4n) is 2.54. The maximum Gasteiger partial charge on any atom is 0.307 e. The van der Waals surface area contributed by atoms with Crippen molar-refractivity contribution in [3.05, 3.63) is 29.3 Å². The molecular formula is C17H23ClN2O5S. The summed E-state index contributed by atoms with van der Waals surface area (Å²) < 4.78 is 32.0. The lowest BCUT2D eigenvalue weighted by Crippen LogP contribution is -2.57. The molecular weight excluding hydrogens is 380 g/mol. The Labute approximate surface area is 158 Å². The van der Waals surface area contributed by atoms with Gasteiger partial charge < -0.3 is 10.1 Å². The highest BCUT2D eigenvalue weighted by atomic mass is 35.5. The van der Waals surface area contributed by atoms with Gasteiger partial charge in [0.1, 0.15) is 6.04 Å². The minimum Gasteiger partial charge on any atom is -0.466 e. The topological polar surface area (TPSA) is 92.8 Å². The summed E-state index contributed by atoms with van der Waals surface area (Å²) in [7, 11) is -3.93. The fraction of sp³-hybridized carbons (Fsp3) is 0.529. The number of sulfonamides is 1. The van der Waals surface area contributed by atoms with Gasteiger partial charge in [0, 0.05) is 18.1 Å². The quantitative estimate of drug-likeness (QED) is 0.702. The molecule has 7 nitrogen and oxygen atoms in total. The first-order chi connectivity index (χ1) is 12.2. The lowest BCUT2D eigenvalue weighted by molar-refractivity contribution is -0.147. The van der Waals surface area contributed by atoms with Crippen molar-refractivity contribution in [1.29, 1.82) is 0 Å². The number of benzene rings is 1. The van der Waals surface area contributed by atoms with E-state index < -0.39 is 27.9 Å². The normalized spacial score (nSPS) is 18.6. The number of nitrogens with zero attached hydrogens (tertiary/aromatic N) is 1. The summed E-state index contributed by atoms with van der Waals surface area (Å²) >= 11 is 5.81. The molecule has 26 heavy (non-hydrogen) atoms. The van der Waals surface area contributed by atoms with Gasteiger partial charge in [0.15, 0.2) is 0 Å². The largest absolute Gasteiger partial charge is 0.466 e. The number of hydrogen-bond acceptors (Lipinski definition) is 5. The minimum absolute atomic E-state index is 0.0229. The third kappa shape index (κ3) is 5.18. The van der Waals surface area contributed by atoms with Gasteiger partial charge in [-0.25, -0.2) is 8.42 Å². The fourth-order valence-corrected chi connectivity index (χ4v) is 4.26. The number of halogens is 1. The number of carbonyl (C=O) groups excluding carboxylic acids is 2. The molecule has 1 amide bonds. The SMILES string of the molecule is CC(C)CCOC(=O)CC1C(=O)NCCN1S(=O)(=O)c1ccc(Cl)cc1. The maximum absolute atomic E-state index is 12.9. The van der Waals surface area contributed by atoms with E-state index in [2.05, 4.69) is 5.32 Å². The number of esters is 1. The second-order valence-electron chi connectivity index (χ2n) is 6.48. The number of nitrogens with one attached hydrogen (secondary N) is 1. The van der Waals surface area contributed by atoms with Crippen LogP contribution in [0.1, 0.15) is 26.7 Å². The van der Waals surface area contributed by atoms with E-state index in [-0.39, 0.29) is 31.0 Å². The molecule has 1 aromatic carbocycles. The van der Waals surface area contributed by atoms with Gasteiger partial charge in [-0.05, 0) is 36.6 Å². The van der Waals surface area contributed by atoms with Crippen molar-refractivity contribution in [2.75, 3.05) is 19.7 Å². The summed E-state index contributed by atoms with van der Waals surface area (Å²) in [5.41, 5.74) is 0. The van der Waals surface area contributed by atoms with Gasteiger partial charge in [-0.2, -0.15) is 4.31 Å². The van der Waals surface area contributed by atoms with Crippen LogP contribution in [0.5, 0.6) is 0 Å². The van der Waals surface area contributed by atoms with Crippen LogP contribution >= 0.6 is 11.6 Å². The summed E-state index contributed by atoms with van der Waals surface area (Å²) in [6.07, 6.45) is 0.381. The predicted molar refractivity (Wildman–Crippen MR) is 97.2 cm³/mol. The van der Waals surface area contributed by atoms with Crippen molar-refractivity contribution in [1.82, 2.24) is 9.62 Å². The Morgan fingerprint density at radius 3 is 2.62 bits per heavy atom. The molecule has 1 saturated heterocycles. The van der Waals surface area contributed by atoms with E-state index in [0.29, 0.717) is 17.4 Å². The van der Waals surface area contributed by atoms with Crippen LogP contribution < -0.4 is 5.32 Å². The molecule has 1 N–H and O–H groups in total. The molecule has 1 aliphatic rings. The number of amides is 1. The van der Waals surface area contributed by atoms with Crippen molar-refractivity contribution < 1.29 is 22.7 Å². The first-order valence-electron chi connectivity index (χ1n) is 8.42. The van der Waals surface area contributed by atoms with Crippen LogP contribution in [0.15, 0.2) is 29.2 Å².